The second-order valence-corrected chi connectivity index (χ2v) is 4.65. The molecule has 2 aromatic heterocycles. The number of nitrogens with one attached hydrogen (secondary N) is 1. The van der Waals surface area contributed by atoms with Gasteiger partial charge in [-0.05, 0) is 38.0 Å². The Bertz CT molecular complexity index is 472. The molecule has 2 aromatic rings. The van der Waals surface area contributed by atoms with Crippen LogP contribution in [0.15, 0.2) is 39.6 Å². The highest BCUT2D eigenvalue weighted by molar-refractivity contribution is 5.24. The van der Waals surface area contributed by atoms with Crippen molar-refractivity contribution in [3.63, 3.8) is 0 Å². The molecular formula is C14H17NO2. The van der Waals surface area contributed by atoms with Crippen LogP contribution in [0.5, 0.6) is 0 Å². The van der Waals surface area contributed by atoms with Crippen LogP contribution < -0.4 is 5.32 Å². The van der Waals surface area contributed by atoms with Crippen LogP contribution >= 0.6 is 0 Å². The molecule has 1 N–H and O–H groups in total. The summed E-state index contributed by atoms with van der Waals surface area (Å²) in [4.78, 5) is 0. The first-order chi connectivity index (χ1) is 8.34. The SMILES string of the molecule is C[C@@H](NC1CCCc2occc21)c1ccco1. The van der Waals surface area contributed by atoms with Gasteiger partial charge >= 0.3 is 0 Å². The highest BCUT2D eigenvalue weighted by Crippen LogP contribution is 2.32. The molecule has 2 heterocycles. The fraction of sp³-hybridized carbons (Fsp3) is 0.429. The van der Waals surface area contributed by atoms with E-state index in [2.05, 4.69) is 18.3 Å². The quantitative estimate of drug-likeness (QED) is 0.877. The Labute approximate surface area is 101 Å². The van der Waals surface area contributed by atoms with Crippen molar-refractivity contribution in [1.82, 2.24) is 5.32 Å². The van der Waals surface area contributed by atoms with E-state index in [-0.39, 0.29) is 6.04 Å². The lowest BCUT2D eigenvalue weighted by Gasteiger charge is -2.25. The Balaban J connectivity index is 1.75. The lowest BCUT2D eigenvalue weighted by Crippen LogP contribution is -2.26. The smallest absolute Gasteiger partial charge is 0.120 e. The number of hydrogen-bond acceptors (Lipinski definition) is 3. The molecule has 90 valence electrons. The van der Waals surface area contributed by atoms with Crippen LogP contribution in [-0.4, -0.2) is 0 Å². The van der Waals surface area contributed by atoms with E-state index in [1.54, 1.807) is 12.5 Å². The maximum absolute atomic E-state index is 5.50. The monoisotopic (exact) mass is 231 g/mol. The Kier molecular flexibility index (Phi) is 2.77. The average molecular weight is 231 g/mol. The van der Waals surface area contributed by atoms with Gasteiger partial charge in [-0.1, -0.05) is 0 Å². The van der Waals surface area contributed by atoms with E-state index in [0.717, 1.165) is 24.4 Å². The van der Waals surface area contributed by atoms with E-state index >= 15 is 0 Å². The Hall–Kier alpha value is -1.48. The van der Waals surface area contributed by atoms with E-state index in [1.165, 1.54) is 12.0 Å². The van der Waals surface area contributed by atoms with Gasteiger partial charge in [0.1, 0.15) is 11.5 Å². The molecule has 0 aliphatic heterocycles. The van der Waals surface area contributed by atoms with Crippen molar-refractivity contribution in [2.75, 3.05) is 0 Å². The largest absolute Gasteiger partial charge is 0.469 e. The normalized spacial score (nSPS) is 21.1. The van der Waals surface area contributed by atoms with Crippen molar-refractivity contribution in [3.8, 4) is 0 Å². The molecule has 3 heteroatoms. The third-order valence-corrected chi connectivity index (χ3v) is 3.47. The van der Waals surface area contributed by atoms with Gasteiger partial charge in [-0.15, -0.1) is 0 Å². The summed E-state index contributed by atoms with van der Waals surface area (Å²) in [6.45, 7) is 2.13. The molecule has 1 aliphatic rings. The first kappa shape index (κ1) is 10.7. The molecule has 1 unspecified atom stereocenters. The van der Waals surface area contributed by atoms with Crippen LogP contribution in [0.3, 0.4) is 0 Å². The zero-order valence-electron chi connectivity index (χ0n) is 9.98. The predicted molar refractivity (Wildman–Crippen MR) is 64.6 cm³/mol. The zero-order chi connectivity index (χ0) is 11.7. The van der Waals surface area contributed by atoms with E-state index in [1.807, 2.05) is 12.1 Å². The molecule has 0 fully saturated rings. The van der Waals surface area contributed by atoms with Crippen molar-refractivity contribution in [3.05, 3.63) is 47.8 Å². The van der Waals surface area contributed by atoms with Gasteiger partial charge in [0.05, 0.1) is 18.6 Å². The minimum atomic E-state index is 0.232. The maximum atomic E-state index is 5.50. The number of rotatable bonds is 3. The summed E-state index contributed by atoms with van der Waals surface area (Å²) in [5, 5.41) is 3.61. The Morgan fingerprint density at radius 3 is 3.06 bits per heavy atom. The topological polar surface area (TPSA) is 38.3 Å². The summed E-state index contributed by atoms with van der Waals surface area (Å²) < 4.78 is 10.9. The molecular weight excluding hydrogens is 214 g/mol. The third-order valence-electron chi connectivity index (χ3n) is 3.47. The third kappa shape index (κ3) is 2.03. The van der Waals surface area contributed by atoms with Crippen molar-refractivity contribution >= 4 is 0 Å². The van der Waals surface area contributed by atoms with Gasteiger partial charge in [-0.3, -0.25) is 0 Å². The molecule has 0 saturated carbocycles. The fourth-order valence-electron chi connectivity index (χ4n) is 2.58. The molecule has 2 atom stereocenters. The van der Waals surface area contributed by atoms with Crippen LogP contribution in [0.4, 0.5) is 0 Å². The molecule has 0 spiro atoms. The Morgan fingerprint density at radius 2 is 2.24 bits per heavy atom. The van der Waals surface area contributed by atoms with Crippen molar-refractivity contribution < 1.29 is 8.83 Å². The minimum Gasteiger partial charge on any atom is -0.469 e. The maximum Gasteiger partial charge on any atom is 0.120 e. The van der Waals surface area contributed by atoms with E-state index in [0.29, 0.717) is 6.04 Å². The van der Waals surface area contributed by atoms with Gasteiger partial charge in [0.15, 0.2) is 0 Å². The molecule has 1 aliphatic carbocycles. The Morgan fingerprint density at radius 1 is 1.29 bits per heavy atom. The van der Waals surface area contributed by atoms with Crippen LogP contribution in [0, 0.1) is 0 Å². The fourth-order valence-corrected chi connectivity index (χ4v) is 2.58. The zero-order valence-corrected chi connectivity index (χ0v) is 9.98. The van der Waals surface area contributed by atoms with Crippen LogP contribution in [0.2, 0.25) is 0 Å². The van der Waals surface area contributed by atoms with Crippen molar-refractivity contribution in [2.45, 2.75) is 38.3 Å². The molecule has 17 heavy (non-hydrogen) atoms. The van der Waals surface area contributed by atoms with E-state index in [9.17, 15) is 0 Å². The van der Waals surface area contributed by atoms with Crippen molar-refractivity contribution in [1.29, 1.82) is 0 Å². The second kappa shape index (κ2) is 4.41. The molecule has 0 bridgehead atoms. The highest BCUT2D eigenvalue weighted by Gasteiger charge is 2.24. The van der Waals surface area contributed by atoms with Gasteiger partial charge in [-0.2, -0.15) is 0 Å². The first-order valence-electron chi connectivity index (χ1n) is 6.20. The minimum absolute atomic E-state index is 0.232. The summed E-state index contributed by atoms with van der Waals surface area (Å²) in [6.07, 6.45) is 6.93. The van der Waals surface area contributed by atoms with Gasteiger partial charge in [0, 0.05) is 18.0 Å². The summed E-state index contributed by atoms with van der Waals surface area (Å²) in [6, 6.07) is 6.64. The molecule has 0 radical (unpaired) electrons. The van der Waals surface area contributed by atoms with Gasteiger partial charge < -0.3 is 14.2 Å². The van der Waals surface area contributed by atoms with E-state index < -0.39 is 0 Å². The summed E-state index contributed by atoms with van der Waals surface area (Å²) in [5.41, 5.74) is 1.31. The van der Waals surface area contributed by atoms with Gasteiger partial charge in [0.2, 0.25) is 0 Å². The summed E-state index contributed by atoms with van der Waals surface area (Å²) in [5.74, 6) is 2.13. The van der Waals surface area contributed by atoms with Crippen LogP contribution in [-0.2, 0) is 6.42 Å². The molecule has 0 aromatic carbocycles. The predicted octanol–water partition coefficient (Wildman–Crippen LogP) is 3.60. The van der Waals surface area contributed by atoms with E-state index in [4.69, 9.17) is 8.83 Å². The summed E-state index contributed by atoms with van der Waals surface area (Å²) in [7, 11) is 0. The number of fused-ring (bicyclic) bond motifs is 1. The number of hydrogen-bond donors (Lipinski definition) is 1. The number of aryl methyl sites for hydroxylation is 1. The molecule has 0 amide bonds. The molecule has 3 rings (SSSR count). The summed E-state index contributed by atoms with van der Waals surface area (Å²) >= 11 is 0. The second-order valence-electron chi connectivity index (χ2n) is 4.65. The standard InChI is InChI=1S/C14H17NO2/c1-10(13-6-3-8-16-13)15-12-4-2-5-14-11(12)7-9-17-14/h3,6-10,12,15H,2,4-5H2,1H3/t10-,12?/m1/s1. The van der Waals surface area contributed by atoms with Crippen LogP contribution in [0.1, 0.15) is 48.9 Å². The van der Waals surface area contributed by atoms with Gasteiger partial charge in [0.25, 0.3) is 0 Å². The first-order valence-corrected chi connectivity index (χ1v) is 6.20. The molecule has 0 saturated heterocycles. The molecule has 3 nitrogen and oxygen atoms in total. The lowest BCUT2D eigenvalue weighted by molar-refractivity contribution is 0.354. The van der Waals surface area contributed by atoms with Crippen LogP contribution in [0.25, 0.3) is 0 Å². The highest BCUT2D eigenvalue weighted by atomic mass is 16.3. The van der Waals surface area contributed by atoms with Gasteiger partial charge in [-0.25, -0.2) is 0 Å². The lowest BCUT2D eigenvalue weighted by atomic mass is 9.93. The van der Waals surface area contributed by atoms with Crippen molar-refractivity contribution in [2.24, 2.45) is 0 Å². The average Bonchev–Trinajstić information content (AvgIpc) is 3.00. The number of furan rings is 2.